The van der Waals surface area contributed by atoms with E-state index < -0.39 is 0 Å². The third-order valence-corrected chi connectivity index (χ3v) is 4.51. The van der Waals surface area contributed by atoms with E-state index in [0.717, 1.165) is 16.9 Å². The number of benzene rings is 1. The molecule has 1 aromatic carbocycles. The summed E-state index contributed by atoms with van der Waals surface area (Å²) in [4.78, 5) is 11.1. The molecule has 1 heterocycles. The van der Waals surface area contributed by atoms with Crippen LogP contribution in [0.2, 0.25) is 0 Å². The maximum atomic E-state index is 9.56. The quantitative estimate of drug-likeness (QED) is 0.901. The zero-order valence-corrected chi connectivity index (χ0v) is 15.1. The van der Waals surface area contributed by atoms with E-state index in [2.05, 4.69) is 17.1 Å². The molecule has 1 aliphatic rings. The predicted octanol–water partition coefficient (Wildman–Crippen LogP) is 3.34. The summed E-state index contributed by atoms with van der Waals surface area (Å²) in [6.07, 6.45) is 0. The molecule has 2 aromatic rings. The maximum absolute atomic E-state index is 9.56. The molecule has 2 N–H and O–H groups in total. The van der Waals surface area contributed by atoms with Crippen molar-refractivity contribution in [1.29, 1.82) is 10.5 Å². The van der Waals surface area contributed by atoms with Gasteiger partial charge in [-0.05, 0) is 49.2 Å². The van der Waals surface area contributed by atoms with E-state index in [1.165, 1.54) is 0 Å². The second-order valence-electron chi connectivity index (χ2n) is 6.32. The molecule has 128 valence electrons. The summed E-state index contributed by atoms with van der Waals surface area (Å²) in [5.41, 5.74) is 11.8. The molecule has 0 fully saturated rings. The highest BCUT2D eigenvalue weighted by Gasteiger charge is 2.30. The lowest BCUT2D eigenvalue weighted by atomic mass is 10.00. The van der Waals surface area contributed by atoms with Gasteiger partial charge in [0.05, 0.1) is 28.2 Å². The van der Waals surface area contributed by atoms with Crippen molar-refractivity contribution in [3.05, 3.63) is 52.2 Å². The minimum atomic E-state index is 0.140. The molecule has 1 aromatic heterocycles. The fraction of sp³-hybridized carbons (Fsp3) is 0.200. The lowest BCUT2D eigenvalue weighted by molar-refractivity contribution is 1.13. The number of nitrogens with zero attached hydrogens (tertiary/aromatic N) is 5. The van der Waals surface area contributed by atoms with Crippen molar-refractivity contribution in [2.75, 3.05) is 24.7 Å². The van der Waals surface area contributed by atoms with Gasteiger partial charge >= 0.3 is 0 Å². The number of nitrogen functional groups attached to an aromatic ring is 1. The molecular weight excluding hydrogens is 324 g/mol. The predicted molar refractivity (Wildman–Crippen MR) is 103 cm³/mol. The zero-order valence-electron chi connectivity index (χ0n) is 15.1. The van der Waals surface area contributed by atoms with Gasteiger partial charge in [0, 0.05) is 25.3 Å². The number of aromatic nitrogens is 1. The Labute approximate surface area is 152 Å². The Balaban J connectivity index is 2.23. The van der Waals surface area contributed by atoms with Crippen LogP contribution in [0.4, 0.5) is 17.2 Å². The number of nitrogens with two attached hydrogens (primary N) is 1. The van der Waals surface area contributed by atoms with Crippen LogP contribution in [-0.2, 0) is 0 Å². The highest BCUT2D eigenvalue weighted by atomic mass is 15.1. The summed E-state index contributed by atoms with van der Waals surface area (Å²) < 4.78 is 0. The van der Waals surface area contributed by atoms with Gasteiger partial charge in [-0.15, -0.1) is 0 Å². The minimum absolute atomic E-state index is 0.140. The molecule has 3 rings (SSSR count). The Morgan fingerprint density at radius 1 is 1.08 bits per heavy atom. The zero-order chi connectivity index (χ0) is 19.0. The molecule has 26 heavy (non-hydrogen) atoms. The monoisotopic (exact) mass is 342 g/mol. The summed E-state index contributed by atoms with van der Waals surface area (Å²) in [7, 11) is 3.95. The van der Waals surface area contributed by atoms with Gasteiger partial charge in [-0.1, -0.05) is 0 Å². The van der Waals surface area contributed by atoms with Crippen molar-refractivity contribution in [3.63, 3.8) is 0 Å². The molecule has 0 atom stereocenters. The smallest absolute Gasteiger partial charge is 0.142 e. The first-order valence-corrected chi connectivity index (χ1v) is 8.07. The van der Waals surface area contributed by atoms with Gasteiger partial charge in [-0.2, -0.15) is 10.5 Å². The molecule has 0 amide bonds. The summed E-state index contributed by atoms with van der Waals surface area (Å²) in [6.45, 7) is 3.66. The standard InChI is InChI=1S/C20H18N6/c1-11-16(10-22)20(23)25-19-15(9-21)12(2)18(17(11)19)24-13-5-7-14(8-6-13)26(3)4/h5-8H,1-4H3,(H2,23,25). The molecule has 0 radical (unpaired) electrons. The molecular formula is C20H18N6. The van der Waals surface area contributed by atoms with Crippen molar-refractivity contribution in [3.8, 4) is 12.1 Å². The van der Waals surface area contributed by atoms with E-state index in [1.54, 1.807) is 0 Å². The molecule has 6 nitrogen and oxygen atoms in total. The third kappa shape index (κ3) is 2.58. The van der Waals surface area contributed by atoms with Crippen LogP contribution < -0.4 is 10.6 Å². The summed E-state index contributed by atoms with van der Waals surface area (Å²) in [5, 5.41) is 18.9. The van der Waals surface area contributed by atoms with Gasteiger partial charge in [0.1, 0.15) is 18.0 Å². The Morgan fingerprint density at radius 3 is 2.27 bits per heavy atom. The molecule has 0 aliphatic heterocycles. The average Bonchev–Trinajstić information content (AvgIpc) is 2.87. The Bertz CT molecular complexity index is 1040. The number of hydrogen-bond donors (Lipinski definition) is 1. The summed E-state index contributed by atoms with van der Waals surface area (Å²) in [6, 6.07) is 12.1. The van der Waals surface area contributed by atoms with Crippen molar-refractivity contribution < 1.29 is 0 Å². The number of pyridine rings is 1. The molecule has 0 bridgehead atoms. The van der Waals surface area contributed by atoms with Crippen molar-refractivity contribution in [1.82, 2.24) is 4.98 Å². The number of hydrogen-bond acceptors (Lipinski definition) is 6. The first kappa shape index (κ1) is 17.2. The van der Waals surface area contributed by atoms with Crippen molar-refractivity contribution in [2.45, 2.75) is 13.8 Å². The van der Waals surface area contributed by atoms with Crippen LogP contribution in [0.5, 0.6) is 0 Å². The largest absolute Gasteiger partial charge is 0.383 e. The number of aliphatic imine (C=N–C) groups is 1. The Kier molecular flexibility index (Phi) is 4.19. The van der Waals surface area contributed by atoms with E-state index in [0.29, 0.717) is 33.7 Å². The highest BCUT2D eigenvalue weighted by Crippen LogP contribution is 2.37. The lowest BCUT2D eigenvalue weighted by Crippen LogP contribution is -2.08. The third-order valence-electron chi connectivity index (χ3n) is 4.51. The fourth-order valence-electron chi connectivity index (χ4n) is 3.05. The first-order valence-electron chi connectivity index (χ1n) is 8.07. The van der Waals surface area contributed by atoms with E-state index >= 15 is 0 Å². The van der Waals surface area contributed by atoms with Gasteiger partial charge in [0.2, 0.25) is 0 Å². The summed E-state index contributed by atoms with van der Waals surface area (Å²) >= 11 is 0. The Hall–Kier alpha value is -3.64. The molecule has 0 saturated carbocycles. The lowest BCUT2D eigenvalue weighted by Gasteiger charge is -2.12. The Morgan fingerprint density at radius 2 is 1.73 bits per heavy atom. The van der Waals surface area contributed by atoms with Gasteiger partial charge in [-0.25, -0.2) is 9.98 Å². The van der Waals surface area contributed by atoms with Crippen LogP contribution in [0.15, 0.2) is 34.8 Å². The van der Waals surface area contributed by atoms with Crippen molar-refractivity contribution in [2.24, 2.45) is 4.99 Å². The minimum Gasteiger partial charge on any atom is -0.383 e. The number of nitriles is 2. The second kappa shape index (κ2) is 6.34. The number of rotatable bonds is 2. The highest BCUT2D eigenvalue weighted by molar-refractivity contribution is 6.26. The van der Waals surface area contributed by atoms with Gasteiger partial charge in [0.15, 0.2) is 0 Å². The molecule has 0 saturated heterocycles. The van der Waals surface area contributed by atoms with Gasteiger partial charge in [-0.3, -0.25) is 0 Å². The van der Waals surface area contributed by atoms with Gasteiger partial charge in [0.25, 0.3) is 0 Å². The maximum Gasteiger partial charge on any atom is 0.142 e. The average molecular weight is 342 g/mol. The van der Waals surface area contributed by atoms with Crippen LogP contribution in [0.25, 0.3) is 5.57 Å². The number of anilines is 2. The van der Waals surface area contributed by atoms with Crippen LogP contribution >= 0.6 is 0 Å². The SMILES string of the molecule is CC1=C(C#N)c2nc(N)c(C#N)c(C)c2C1=Nc1ccc(N(C)C)cc1. The van der Waals surface area contributed by atoms with Crippen LogP contribution in [0.3, 0.4) is 0 Å². The normalized spacial score (nSPS) is 14.2. The first-order chi connectivity index (χ1) is 12.4. The molecule has 0 spiro atoms. The van der Waals surface area contributed by atoms with E-state index in [9.17, 15) is 10.5 Å². The van der Waals surface area contributed by atoms with Gasteiger partial charge < -0.3 is 10.6 Å². The molecule has 0 unspecified atom stereocenters. The fourth-order valence-corrected chi connectivity index (χ4v) is 3.05. The molecule has 1 aliphatic carbocycles. The molecule has 6 heteroatoms. The van der Waals surface area contributed by atoms with Crippen LogP contribution in [0.1, 0.15) is 29.3 Å². The number of allylic oxidation sites excluding steroid dienone is 2. The van der Waals surface area contributed by atoms with Crippen LogP contribution in [0, 0.1) is 29.6 Å². The summed E-state index contributed by atoms with van der Waals surface area (Å²) in [5.74, 6) is 0.140. The second-order valence-corrected chi connectivity index (χ2v) is 6.32. The van der Waals surface area contributed by atoms with E-state index in [4.69, 9.17) is 10.7 Å². The number of fused-ring (bicyclic) bond motifs is 1. The van der Waals surface area contributed by atoms with Crippen LogP contribution in [-0.4, -0.2) is 24.8 Å². The van der Waals surface area contributed by atoms with E-state index in [-0.39, 0.29) is 5.82 Å². The van der Waals surface area contributed by atoms with E-state index in [1.807, 2.05) is 57.1 Å². The van der Waals surface area contributed by atoms with Crippen molar-refractivity contribution >= 4 is 28.5 Å². The topological polar surface area (TPSA) is 102 Å².